The number of rotatable bonds is 5. The fraction of sp³-hybridized carbons (Fsp3) is 0.632. The van der Waals surface area contributed by atoms with Crippen molar-refractivity contribution in [1.82, 2.24) is 15.5 Å². The summed E-state index contributed by atoms with van der Waals surface area (Å²) in [7, 11) is 0. The van der Waals surface area contributed by atoms with E-state index in [9.17, 15) is 5.11 Å². The van der Waals surface area contributed by atoms with Gasteiger partial charge in [0.25, 0.3) is 0 Å². The van der Waals surface area contributed by atoms with Crippen LogP contribution < -0.4 is 10.6 Å². The molecule has 2 rings (SSSR count). The van der Waals surface area contributed by atoms with Crippen molar-refractivity contribution in [1.29, 1.82) is 0 Å². The molecule has 0 aliphatic carbocycles. The molecule has 0 aromatic heterocycles. The van der Waals surface area contributed by atoms with Gasteiger partial charge in [0.2, 0.25) is 0 Å². The normalized spacial score (nSPS) is 17.3. The second-order valence-corrected chi connectivity index (χ2v) is 7.50. The number of fused-ring (bicyclic) bond motifs is 1. The van der Waals surface area contributed by atoms with Crippen molar-refractivity contribution in [3.63, 3.8) is 0 Å². The Bertz CT molecular complexity index is 551. The van der Waals surface area contributed by atoms with Crippen LogP contribution in [0, 0.1) is 0 Å². The number of guanidine groups is 1. The van der Waals surface area contributed by atoms with Crippen LogP contribution in [-0.2, 0) is 13.0 Å². The second kappa shape index (κ2) is 8.49. The van der Waals surface area contributed by atoms with Gasteiger partial charge in [-0.1, -0.05) is 24.3 Å². The molecular formula is C19H32N4O. The number of aliphatic imine (C=N–C) groups is 1. The Hall–Kier alpha value is -1.59. The van der Waals surface area contributed by atoms with Crippen molar-refractivity contribution >= 4 is 5.96 Å². The Kier molecular flexibility index (Phi) is 6.63. The van der Waals surface area contributed by atoms with Crippen LogP contribution >= 0.6 is 0 Å². The lowest BCUT2D eigenvalue weighted by Crippen LogP contribution is -2.48. The SMILES string of the molecule is CCNC(=NCC(O)CN1CCc2ccccc2C1)NC(C)(C)C. The number of nitrogens with one attached hydrogen (secondary N) is 2. The third-order valence-electron chi connectivity index (χ3n) is 3.98. The quantitative estimate of drug-likeness (QED) is 0.568. The first-order valence-electron chi connectivity index (χ1n) is 8.91. The highest BCUT2D eigenvalue weighted by Gasteiger charge is 2.18. The number of aliphatic hydroxyl groups is 1. The molecule has 0 bridgehead atoms. The molecule has 1 aliphatic heterocycles. The van der Waals surface area contributed by atoms with E-state index in [1.165, 1.54) is 11.1 Å². The van der Waals surface area contributed by atoms with Gasteiger partial charge in [-0.2, -0.15) is 0 Å². The lowest BCUT2D eigenvalue weighted by atomic mass is 10.00. The van der Waals surface area contributed by atoms with Crippen LogP contribution in [0.5, 0.6) is 0 Å². The lowest BCUT2D eigenvalue weighted by molar-refractivity contribution is 0.111. The number of aliphatic hydroxyl groups excluding tert-OH is 1. The summed E-state index contributed by atoms with van der Waals surface area (Å²) >= 11 is 0. The molecule has 1 aliphatic rings. The fourth-order valence-electron chi connectivity index (χ4n) is 2.92. The van der Waals surface area contributed by atoms with Crippen LogP contribution in [-0.4, -0.2) is 53.8 Å². The van der Waals surface area contributed by atoms with Crippen molar-refractivity contribution < 1.29 is 5.11 Å². The molecule has 1 heterocycles. The Morgan fingerprint density at radius 3 is 2.67 bits per heavy atom. The molecule has 5 nitrogen and oxygen atoms in total. The lowest BCUT2D eigenvalue weighted by Gasteiger charge is -2.30. The van der Waals surface area contributed by atoms with E-state index in [0.717, 1.165) is 32.0 Å². The maximum atomic E-state index is 10.4. The molecule has 0 amide bonds. The van der Waals surface area contributed by atoms with Gasteiger partial charge in [-0.05, 0) is 45.2 Å². The summed E-state index contributed by atoms with van der Waals surface area (Å²) in [5, 5.41) is 16.9. The van der Waals surface area contributed by atoms with E-state index in [2.05, 4.69) is 65.6 Å². The zero-order chi connectivity index (χ0) is 17.6. The fourth-order valence-corrected chi connectivity index (χ4v) is 2.92. The average Bonchev–Trinajstić information content (AvgIpc) is 2.51. The minimum Gasteiger partial charge on any atom is -0.390 e. The first kappa shape index (κ1) is 18.7. The molecular weight excluding hydrogens is 300 g/mol. The van der Waals surface area contributed by atoms with Gasteiger partial charge in [-0.15, -0.1) is 0 Å². The highest BCUT2D eigenvalue weighted by atomic mass is 16.3. The zero-order valence-electron chi connectivity index (χ0n) is 15.5. The van der Waals surface area contributed by atoms with E-state index in [-0.39, 0.29) is 5.54 Å². The molecule has 1 aromatic carbocycles. The van der Waals surface area contributed by atoms with Crippen molar-refractivity contribution in [2.75, 3.05) is 26.2 Å². The largest absolute Gasteiger partial charge is 0.390 e. The average molecular weight is 332 g/mol. The molecule has 0 spiro atoms. The molecule has 24 heavy (non-hydrogen) atoms. The van der Waals surface area contributed by atoms with Gasteiger partial charge >= 0.3 is 0 Å². The molecule has 1 aromatic rings. The summed E-state index contributed by atoms with van der Waals surface area (Å²) in [5.74, 6) is 0.757. The maximum absolute atomic E-state index is 10.4. The predicted molar refractivity (Wildman–Crippen MR) is 100 cm³/mol. The molecule has 1 atom stereocenters. The van der Waals surface area contributed by atoms with E-state index in [1.807, 2.05) is 6.92 Å². The Labute approximate surface area is 146 Å². The Balaban J connectivity index is 1.86. The van der Waals surface area contributed by atoms with Crippen LogP contribution in [0.15, 0.2) is 29.3 Å². The molecule has 134 valence electrons. The van der Waals surface area contributed by atoms with E-state index in [0.29, 0.717) is 13.1 Å². The maximum Gasteiger partial charge on any atom is 0.191 e. The van der Waals surface area contributed by atoms with E-state index >= 15 is 0 Å². The van der Waals surface area contributed by atoms with Crippen LogP contribution in [0.3, 0.4) is 0 Å². The molecule has 0 saturated heterocycles. The molecule has 1 unspecified atom stereocenters. The van der Waals surface area contributed by atoms with E-state index in [1.54, 1.807) is 0 Å². The third kappa shape index (κ3) is 6.13. The minimum absolute atomic E-state index is 0.0530. The first-order valence-corrected chi connectivity index (χ1v) is 8.91. The molecule has 0 saturated carbocycles. The number of hydrogen-bond donors (Lipinski definition) is 3. The standard InChI is InChI=1S/C19H32N4O/c1-5-20-18(22-19(2,3)4)21-12-17(24)14-23-11-10-15-8-6-7-9-16(15)13-23/h6-9,17,24H,5,10-14H2,1-4H3,(H2,20,21,22). The molecule has 5 heteroatoms. The van der Waals surface area contributed by atoms with Crippen molar-refractivity contribution in [3.05, 3.63) is 35.4 Å². The van der Waals surface area contributed by atoms with Crippen LogP contribution in [0.4, 0.5) is 0 Å². The predicted octanol–water partition coefficient (Wildman–Crippen LogP) is 1.76. The van der Waals surface area contributed by atoms with Crippen LogP contribution in [0.1, 0.15) is 38.8 Å². The van der Waals surface area contributed by atoms with Gasteiger partial charge in [0, 0.05) is 31.7 Å². The zero-order valence-corrected chi connectivity index (χ0v) is 15.5. The minimum atomic E-state index is -0.453. The van der Waals surface area contributed by atoms with Gasteiger partial charge in [0.1, 0.15) is 0 Å². The highest BCUT2D eigenvalue weighted by molar-refractivity contribution is 5.80. The topological polar surface area (TPSA) is 59.9 Å². The highest BCUT2D eigenvalue weighted by Crippen LogP contribution is 2.18. The summed E-state index contributed by atoms with van der Waals surface area (Å²) in [4.78, 5) is 6.84. The third-order valence-corrected chi connectivity index (χ3v) is 3.98. The van der Waals surface area contributed by atoms with Crippen LogP contribution in [0.2, 0.25) is 0 Å². The number of benzene rings is 1. The van der Waals surface area contributed by atoms with Gasteiger partial charge in [-0.25, -0.2) is 0 Å². The van der Waals surface area contributed by atoms with Crippen molar-refractivity contribution in [2.24, 2.45) is 4.99 Å². The Morgan fingerprint density at radius 2 is 2.00 bits per heavy atom. The molecule has 3 N–H and O–H groups in total. The number of hydrogen-bond acceptors (Lipinski definition) is 3. The van der Waals surface area contributed by atoms with Crippen molar-refractivity contribution in [2.45, 2.75) is 52.3 Å². The van der Waals surface area contributed by atoms with Crippen LogP contribution in [0.25, 0.3) is 0 Å². The van der Waals surface area contributed by atoms with E-state index < -0.39 is 6.10 Å². The number of nitrogens with zero attached hydrogens (tertiary/aromatic N) is 2. The summed E-state index contributed by atoms with van der Waals surface area (Å²) in [6, 6.07) is 8.57. The van der Waals surface area contributed by atoms with Gasteiger partial charge in [0.15, 0.2) is 5.96 Å². The summed E-state index contributed by atoms with van der Waals surface area (Å²) in [6.07, 6.45) is 0.603. The smallest absolute Gasteiger partial charge is 0.191 e. The summed E-state index contributed by atoms with van der Waals surface area (Å²) in [5.41, 5.74) is 2.76. The molecule has 0 radical (unpaired) electrons. The number of β-amino-alcohol motifs (C(OH)–C–C–N with tert-alkyl or cyclic N) is 1. The van der Waals surface area contributed by atoms with Gasteiger partial charge in [0.05, 0.1) is 12.6 Å². The van der Waals surface area contributed by atoms with E-state index in [4.69, 9.17) is 0 Å². The first-order chi connectivity index (χ1) is 11.4. The van der Waals surface area contributed by atoms with Crippen molar-refractivity contribution in [3.8, 4) is 0 Å². The molecule has 0 fully saturated rings. The summed E-state index contributed by atoms with van der Waals surface area (Å²) < 4.78 is 0. The van der Waals surface area contributed by atoms with Gasteiger partial charge in [-0.3, -0.25) is 9.89 Å². The Morgan fingerprint density at radius 1 is 1.29 bits per heavy atom. The summed E-state index contributed by atoms with van der Waals surface area (Å²) in [6.45, 7) is 12.1. The monoisotopic (exact) mass is 332 g/mol. The van der Waals surface area contributed by atoms with Gasteiger partial charge < -0.3 is 15.7 Å². The second-order valence-electron chi connectivity index (χ2n) is 7.50.